The predicted molar refractivity (Wildman–Crippen MR) is 66.8 cm³/mol. The van der Waals surface area contributed by atoms with Crippen LogP contribution in [-0.2, 0) is 14.3 Å². The van der Waals surface area contributed by atoms with Gasteiger partial charge in [0.05, 0.1) is 11.7 Å². The first-order valence-corrected chi connectivity index (χ1v) is 6.64. The maximum absolute atomic E-state index is 11.9. The SMILES string of the molecule is CCC/C=C1\OC(=O)C2=C1CC[C@@H](O)[C@H]2OCC. The molecular weight excluding hydrogens is 232 g/mol. The average molecular weight is 252 g/mol. The summed E-state index contributed by atoms with van der Waals surface area (Å²) in [5, 5.41) is 9.94. The second-order valence-corrected chi connectivity index (χ2v) is 4.62. The highest BCUT2D eigenvalue weighted by molar-refractivity contribution is 5.96. The molecule has 0 saturated carbocycles. The Bertz CT molecular complexity index is 395. The fraction of sp³-hybridized carbons (Fsp3) is 0.643. The number of aliphatic hydroxyl groups is 1. The van der Waals surface area contributed by atoms with E-state index in [9.17, 15) is 9.90 Å². The number of carbonyl (C=O) groups excluding carboxylic acids is 1. The number of carbonyl (C=O) groups is 1. The van der Waals surface area contributed by atoms with Crippen molar-refractivity contribution in [2.45, 2.75) is 51.7 Å². The van der Waals surface area contributed by atoms with Crippen molar-refractivity contribution in [1.29, 1.82) is 0 Å². The number of esters is 1. The first kappa shape index (κ1) is 13.3. The van der Waals surface area contributed by atoms with Crippen molar-refractivity contribution in [3.8, 4) is 0 Å². The van der Waals surface area contributed by atoms with Gasteiger partial charge in [-0.3, -0.25) is 0 Å². The number of aliphatic hydroxyl groups excluding tert-OH is 1. The molecular formula is C14H20O4. The molecule has 1 aliphatic heterocycles. The molecule has 0 fully saturated rings. The number of unbranched alkanes of at least 4 members (excludes halogenated alkanes) is 1. The van der Waals surface area contributed by atoms with E-state index in [1.807, 2.05) is 13.0 Å². The molecule has 0 saturated heterocycles. The summed E-state index contributed by atoms with van der Waals surface area (Å²) in [5.74, 6) is 0.318. The Balaban J connectivity index is 2.31. The Labute approximate surface area is 107 Å². The zero-order valence-corrected chi connectivity index (χ0v) is 10.9. The maximum Gasteiger partial charge on any atom is 0.342 e. The van der Waals surface area contributed by atoms with Gasteiger partial charge in [-0.15, -0.1) is 0 Å². The van der Waals surface area contributed by atoms with Gasteiger partial charge in [-0.1, -0.05) is 13.3 Å². The Kier molecular flexibility index (Phi) is 4.19. The summed E-state index contributed by atoms with van der Waals surface area (Å²) in [5.41, 5.74) is 1.45. The molecule has 4 heteroatoms. The molecule has 2 aliphatic rings. The van der Waals surface area contributed by atoms with Gasteiger partial charge in [-0.2, -0.15) is 0 Å². The van der Waals surface area contributed by atoms with E-state index in [1.54, 1.807) is 0 Å². The molecule has 1 heterocycles. The van der Waals surface area contributed by atoms with Crippen molar-refractivity contribution in [3.63, 3.8) is 0 Å². The number of ether oxygens (including phenoxy) is 2. The maximum atomic E-state index is 11.9. The van der Waals surface area contributed by atoms with Crippen molar-refractivity contribution in [1.82, 2.24) is 0 Å². The lowest BCUT2D eigenvalue weighted by Gasteiger charge is -2.27. The molecule has 0 amide bonds. The smallest absolute Gasteiger partial charge is 0.342 e. The first-order valence-electron chi connectivity index (χ1n) is 6.64. The molecule has 1 aliphatic carbocycles. The first-order chi connectivity index (χ1) is 8.69. The predicted octanol–water partition coefficient (Wildman–Crippen LogP) is 2.08. The van der Waals surface area contributed by atoms with Gasteiger partial charge in [0.2, 0.25) is 0 Å². The Morgan fingerprint density at radius 3 is 2.94 bits per heavy atom. The minimum atomic E-state index is -0.609. The molecule has 0 unspecified atom stereocenters. The minimum absolute atomic E-state index is 0.357. The van der Waals surface area contributed by atoms with Crippen molar-refractivity contribution in [2.24, 2.45) is 0 Å². The van der Waals surface area contributed by atoms with E-state index in [0.29, 0.717) is 30.8 Å². The van der Waals surface area contributed by atoms with E-state index in [4.69, 9.17) is 9.47 Å². The van der Waals surface area contributed by atoms with Crippen LogP contribution in [0.3, 0.4) is 0 Å². The Morgan fingerprint density at radius 1 is 1.50 bits per heavy atom. The summed E-state index contributed by atoms with van der Waals surface area (Å²) in [4.78, 5) is 11.9. The molecule has 0 spiro atoms. The third-order valence-corrected chi connectivity index (χ3v) is 3.33. The summed E-state index contributed by atoms with van der Waals surface area (Å²) in [7, 11) is 0. The number of hydrogen-bond acceptors (Lipinski definition) is 4. The van der Waals surface area contributed by atoms with Crippen LogP contribution < -0.4 is 0 Å². The summed E-state index contributed by atoms with van der Waals surface area (Å²) in [6.07, 6.45) is 4.02. The van der Waals surface area contributed by atoms with Crippen molar-refractivity contribution in [2.75, 3.05) is 6.61 Å². The van der Waals surface area contributed by atoms with E-state index in [2.05, 4.69) is 6.92 Å². The Hall–Kier alpha value is -1.13. The largest absolute Gasteiger partial charge is 0.423 e. The molecule has 0 radical (unpaired) electrons. The van der Waals surface area contributed by atoms with E-state index in [1.165, 1.54) is 0 Å². The molecule has 18 heavy (non-hydrogen) atoms. The summed E-state index contributed by atoms with van der Waals surface area (Å²) in [6.45, 7) is 4.41. The van der Waals surface area contributed by atoms with Gasteiger partial charge >= 0.3 is 5.97 Å². The molecule has 0 aromatic rings. The molecule has 100 valence electrons. The van der Waals surface area contributed by atoms with Crippen molar-refractivity contribution >= 4 is 5.97 Å². The van der Waals surface area contributed by atoms with Crippen LogP contribution in [0.4, 0.5) is 0 Å². The normalized spacial score (nSPS) is 29.7. The molecule has 1 N–H and O–H groups in total. The van der Waals surface area contributed by atoms with Crippen molar-refractivity contribution < 1.29 is 19.4 Å². The van der Waals surface area contributed by atoms with Crippen molar-refractivity contribution in [3.05, 3.63) is 23.0 Å². The Morgan fingerprint density at radius 2 is 2.28 bits per heavy atom. The zero-order valence-electron chi connectivity index (χ0n) is 10.9. The third kappa shape index (κ3) is 2.35. The van der Waals surface area contributed by atoms with E-state index in [0.717, 1.165) is 18.4 Å². The number of allylic oxidation sites excluding steroid dienone is 2. The molecule has 2 rings (SSSR count). The monoisotopic (exact) mass is 252 g/mol. The summed E-state index contributed by atoms with van der Waals surface area (Å²) >= 11 is 0. The lowest BCUT2D eigenvalue weighted by molar-refractivity contribution is -0.135. The molecule has 0 aromatic carbocycles. The molecule has 0 aromatic heterocycles. The van der Waals surface area contributed by atoms with Crippen LogP contribution >= 0.6 is 0 Å². The third-order valence-electron chi connectivity index (χ3n) is 3.33. The van der Waals surface area contributed by atoms with Crippen LogP contribution in [0.25, 0.3) is 0 Å². The number of rotatable bonds is 4. The highest BCUT2D eigenvalue weighted by Gasteiger charge is 2.41. The highest BCUT2D eigenvalue weighted by atomic mass is 16.6. The highest BCUT2D eigenvalue weighted by Crippen LogP contribution is 2.38. The molecule has 2 atom stereocenters. The zero-order chi connectivity index (χ0) is 13.1. The second kappa shape index (κ2) is 5.67. The second-order valence-electron chi connectivity index (χ2n) is 4.62. The van der Waals surface area contributed by atoms with Gasteiger partial charge in [0.25, 0.3) is 0 Å². The lowest BCUT2D eigenvalue weighted by atomic mass is 9.87. The van der Waals surface area contributed by atoms with Crippen LogP contribution in [0.2, 0.25) is 0 Å². The topological polar surface area (TPSA) is 55.8 Å². The van der Waals surface area contributed by atoms with E-state index < -0.39 is 12.2 Å². The van der Waals surface area contributed by atoms with E-state index >= 15 is 0 Å². The number of cyclic esters (lactones) is 1. The van der Waals surface area contributed by atoms with Crippen LogP contribution in [0.5, 0.6) is 0 Å². The fourth-order valence-corrected chi connectivity index (χ4v) is 2.47. The van der Waals surface area contributed by atoms with Gasteiger partial charge in [-0.05, 0) is 32.3 Å². The van der Waals surface area contributed by atoms with Crippen LogP contribution in [0.1, 0.15) is 39.5 Å². The van der Waals surface area contributed by atoms with Crippen LogP contribution in [0.15, 0.2) is 23.0 Å². The van der Waals surface area contributed by atoms with Gasteiger partial charge in [0, 0.05) is 12.2 Å². The van der Waals surface area contributed by atoms with Gasteiger partial charge in [0.15, 0.2) is 0 Å². The number of hydrogen-bond donors (Lipinski definition) is 1. The fourth-order valence-electron chi connectivity index (χ4n) is 2.47. The van der Waals surface area contributed by atoms with Gasteiger partial charge in [0.1, 0.15) is 11.9 Å². The molecule has 4 nitrogen and oxygen atoms in total. The van der Waals surface area contributed by atoms with Crippen LogP contribution in [-0.4, -0.2) is 29.9 Å². The molecule has 0 bridgehead atoms. The standard InChI is InChI=1S/C14H20O4/c1-3-5-6-11-9-7-8-10(15)13(17-4-2)12(9)14(16)18-11/h6,10,13,15H,3-5,7-8H2,1-2H3/b11-6-/t10-,13-/m1/s1. The lowest BCUT2D eigenvalue weighted by Crippen LogP contribution is -2.36. The van der Waals surface area contributed by atoms with Crippen LogP contribution in [0, 0.1) is 0 Å². The summed E-state index contributed by atoms with van der Waals surface area (Å²) in [6, 6.07) is 0. The van der Waals surface area contributed by atoms with Gasteiger partial charge in [-0.25, -0.2) is 4.79 Å². The van der Waals surface area contributed by atoms with E-state index in [-0.39, 0.29) is 5.97 Å². The average Bonchev–Trinajstić information content (AvgIpc) is 2.67. The van der Waals surface area contributed by atoms with Gasteiger partial charge < -0.3 is 14.6 Å². The summed E-state index contributed by atoms with van der Waals surface area (Å²) < 4.78 is 10.8. The quantitative estimate of drug-likeness (QED) is 0.778. The minimum Gasteiger partial charge on any atom is -0.423 e.